The zero-order valence-electron chi connectivity index (χ0n) is 16.1. The van der Waals surface area contributed by atoms with E-state index in [0.717, 1.165) is 22.4 Å². The van der Waals surface area contributed by atoms with Gasteiger partial charge in [-0.25, -0.2) is 9.59 Å². The van der Waals surface area contributed by atoms with Gasteiger partial charge in [0.05, 0.1) is 18.2 Å². The first-order chi connectivity index (χ1) is 12.7. The van der Waals surface area contributed by atoms with Crippen molar-refractivity contribution < 1.29 is 23.9 Å². The Labute approximate surface area is 158 Å². The van der Waals surface area contributed by atoms with Gasteiger partial charge in [-0.05, 0) is 63.1 Å². The van der Waals surface area contributed by atoms with Crippen LogP contribution in [0.5, 0.6) is 0 Å². The standard InChI is InChI=1S/C21H23NO5/c1-12-10-13(2)18(14(3)11-12)22-19(23)15(4)27-21(25)17-8-6-16(7-9-17)20(24)26-5/h6-11,15H,1-5H3,(H,22,23). The van der Waals surface area contributed by atoms with Gasteiger partial charge in [0.1, 0.15) is 0 Å². The van der Waals surface area contributed by atoms with E-state index >= 15 is 0 Å². The molecule has 0 aliphatic carbocycles. The van der Waals surface area contributed by atoms with E-state index in [1.807, 2.05) is 32.9 Å². The maximum atomic E-state index is 12.4. The second-order valence-corrected chi connectivity index (χ2v) is 6.38. The van der Waals surface area contributed by atoms with Gasteiger partial charge in [-0.3, -0.25) is 4.79 Å². The summed E-state index contributed by atoms with van der Waals surface area (Å²) in [7, 11) is 1.28. The summed E-state index contributed by atoms with van der Waals surface area (Å²) in [6.45, 7) is 7.32. The summed E-state index contributed by atoms with van der Waals surface area (Å²) < 4.78 is 9.84. The Bertz CT molecular complexity index is 848. The van der Waals surface area contributed by atoms with E-state index in [4.69, 9.17) is 4.74 Å². The Morgan fingerprint density at radius 3 is 1.85 bits per heavy atom. The molecule has 0 aromatic heterocycles. The van der Waals surface area contributed by atoms with Gasteiger partial charge >= 0.3 is 11.9 Å². The predicted octanol–water partition coefficient (Wildman–Crippen LogP) is 3.58. The minimum absolute atomic E-state index is 0.241. The molecule has 1 amide bonds. The largest absolute Gasteiger partial charge is 0.465 e. The van der Waals surface area contributed by atoms with Crippen molar-refractivity contribution in [1.82, 2.24) is 0 Å². The van der Waals surface area contributed by atoms with Gasteiger partial charge < -0.3 is 14.8 Å². The Balaban J connectivity index is 2.03. The molecule has 0 saturated carbocycles. The molecular formula is C21H23NO5. The SMILES string of the molecule is COC(=O)c1ccc(C(=O)OC(C)C(=O)Nc2c(C)cc(C)cc2C)cc1. The van der Waals surface area contributed by atoms with E-state index in [1.54, 1.807) is 0 Å². The molecule has 1 unspecified atom stereocenters. The summed E-state index contributed by atoms with van der Waals surface area (Å²) in [5.74, 6) is -1.55. The van der Waals surface area contributed by atoms with Crippen LogP contribution in [0.2, 0.25) is 0 Å². The van der Waals surface area contributed by atoms with Crippen LogP contribution in [-0.4, -0.2) is 31.1 Å². The Kier molecular flexibility index (Phi) is 6.34. The molecule has 2 aromatic carbocycles. The summed E-state index contributed by atoms with van der Waals surface area (Å²) in [6.07, 6.45) is -0.974. The van der Waals surface area contributed by atoms with Gasteiger partial charge in [0, 0.05) is 5.69 Å². The lowest BCUT2D eigenvalue weighted by molar-refractivity contribution is -0.123. The van der Waals surface area contributed by atoms with Crippen molar-refractivity contribution >= 4 is 23.5 Å². The van der Waals surface area contributed by atoms with Crippen molar-refractivity contribution in [1.29, 1.82) is 0 Å². The van der Waals surface area contributed by atoms with Crippen LogP contribution in [0.3, 0.4) is 0 Å². The van der Waals surface area contributed by atoms with Crippen LogP contribution in [0.4, 0.5) is 5.69 Å². The first kappa shape index (κ1) is 20.2. The van der Waals surface area contributed by atoms with Gasteiger partial charge in [0.2, 0.25) is 0 Å². The zero-order chi connectivity index (χ0) is 20.1. The van der Waals surface area contributed by atoms with Crippen LogP contribution in [0.1, 0.15) is 44.3 Å². The summed E-state index contributed by atoms with van der Waals surface area (Å²) in [5, 5.41) is 2.82. The van der Waals surface area contributed by atoms with Crippen molar-refractivity contribution in [2.45, 2.75) is 33.8 Å². The fourth-order valence-corrected chi connectivity index (χ4v) is 2.74. The third-order valence-corrected chi connectivity index (χ3v) is 4.12. The normalized spacial score (nSPS) is 11.4. The van der Waals surface area contributed by atoms with E-state index < -0.39 is 23.9 Å². The van der Waals surface area contributed by atoms with Crippen LogP contribution in [0.25, 0.3) is 0 Å². The van der Waals surface area contributed by atoms with E-state index in [9.17, 15) is 14.4 Å². The summed E-state index contributed by atoms with van der Waals surface area (Å²) in [6, 6.07) is 9.78. The average molecular weight is 369 g/mol. The lowest BCUT2D eigenvalue weighted by Gasteiger charge is -2.17. The molecule has 0 aliphatic rings. The third kappa shape index (κ3) is 4.94. The van der Waals surface area contributed by atoms with Gasteiger partial charge in [-0.2, -0.15) is 0 Å². The fourth-order valence-electron chi connectivity index (χ4n) is 2.74. The molecule has 142 valence electrons. The highest BCUT2D eigenvalue weighted by Gasteiger charge is 2.20. The van der Waals surface area contributed by atoms with E-state index in [1.165, 1.54) is 38.3 Å². The minimum Gasteiger partial charge on any atom is -0.465 e. The highest BCUT2D eigenvalue weighted by molar-refractivity contribution is 5.98. The molecule has 27 heavy (non-hydrogen) atoms. The van der Waals surface area contributed by atoms with Crippen molar-refractivity contribution in [2.24, 2.45) is 0 Å². The topological polar surface area (TPSA) is 81.7 Å². The maximum Gasteiger partial charge on any atom is 0.338 e. The average Bonchev–Trinajstić information content (AvgIpc) is 2.63. The number of benzene rings is 2. The number of ether oxygens (including phenoxy) is 2. The second-order valence-electron chi connectivity index (χ2n) is 6.38. The smallest absolute Gasteiger partial charge is 0.338 e. The Morgan fingerprint density at radius 2 is 1.37 bits per heavy atom. The molecule has 0 aliphatic heterocycles. The number of carbonyl (C=O) groups excluding carboxylic acids is 3. The van der Waals surface area contributed by atoms with Crippen LogP contribution < -0.4 is 5.32 Å². The maximum absolute atomic E-state index is 12.4. The van der Waals surface area contributed by atoms with Gasteiger partial charge in [0.15, 0.2) is 6.10 Å². The molecule has 0 spiro atoms. The molecule has 0 fully saturated rings. The number of amides is 1. The van der Waals surface area contributed by atoms with Crippen LogP contribution in [-0.2, 0) is 14.3 Å². The monoisotopic (exact) mass is 369 g/mol. The molecule has 1 N–H and O–H groups in total. The Morgan fingerprint density at radius 1 is 0.889 bits per heavy atom. The molecule has 0 radical (unpaired) electrons. The molecule has 0 saturated heterocycles. The number of rotatable bonds is 5. The van der Waals surface area contributed by atoms with Crippen molar-refractivity contribution in [3.63, 3.8) is 0 Å². The molecule has 6 nitrogen and oxygen atoms in total. The van der Waals surface area contributed by atoms with Gasteiger partial charge in [-0.1, -0.05) is 17.7 Å². The highest BCUT2D eigenvalue weighted by Crippen LogP contribution is 2.22. The van der Waals surface area contributed by atoms with E-state index in [0.29, 0.717) is 5.56 Å². The lowest BCUT2D eigenvalue weighted by Crippen LogP contribution is -2.30. The van der Waals surface area contributed by atoms with Crippen LogP contribution in [0, 0.1) is 20.8 Å². The van der Waals surface area contributed by atoms with E-state index in [2.05, 4.69) is 10.1 Å². The molecule has 0 heterocycles. The highest BCUT2D eigenvalue weighted by atomic mass is 16.5. The van der Waals surface area contributed by atoms with Gasteiger partial charge in [0.25, 0.3) is 5.91 Å². The number of hydrogen-bond donors (Lipinski definition) is 1. The molecule has 2 rings (SSSR count). The summed E-state index contributed by atoms with van der Waals surface area (Å²) in [5.41, 5.74) is 4.28. The number of hydrogen-bond acceptors (Lipinski definition) is 5. The van der Waals surface area contributed by atoms with Crippen LogP contribution in [0.15, 0.2) is 36.4 Å². The van der Waals surface area contributed by atoms with Crippen LogP contribution >= 0.6 is 0 Å². The number of methoxy groups -OCH3 is 1. The predicted molar refractivity (Wildman–Crippen MR) is 102 cm³/mol. The summed E-state index contributed by atoms with van der Waals surface area (Å²) in [4.78, 5) is 36.0. The fraction of sp³-hybridized carbons (Fsp3) is 0.286. The second kappa shape index (κ2) is 8.49. The number of anilines is 1. The quantitative estimate of drug-likeness (QED) is 0.815. The molecule has 1 atom stereocenters. The van der Waals surface area contributed by atoms with Crippen molar-refractivity contribution in [2.75, 3.05) is 12.4 Å². The molecular weight excluding hydrogens is 346 g/mol. The number of nitrogens with one attached hydrogen (secondary N) is 1. The van der Waals surface area contributed by atoms with Crippen molar-refractivity contribution in [3.8, 4) is 0 Å². The van der Waals surface area contributed by atoms with E-state index in [-0.39, 0.29) is 5.56 Å². The third-order valence-electron chi connectivity index (χ3n) is 4.12. The first-order valence-electron chi connectivity index (χ1n) is 8.51. The lowest BCUT2D eigenvalue weighted by atomic mass is 10.0. The number of aryl methyl sites for hydroxylation is 3. The minimum atomic E-state index is -0.974. The number of esters is 2. The molecule has 6 heteroatoms. The molecule has 0 bridgehead atoms. The number of carbonyl (C=O) groups is 3. The molecule has 2 aromatic rings. The zero-order valence-corrected chi connectivity index (χ0v) is 16.1. The first-order valence-corrected chi connectivity index (χ1v) is 8.51. The van der Waals surface area contributed by atoms with Crippen molar-refractivity contribution in [3.05, 3.63) is 64.2 Å². The Hall–Kier alpha value is -3.15. The van der Waals surface area contributed by atoms with Gasteiger partial charge in [-0.15, -0.1) is 0 Å². The summed E-state index contributed by atoms with van der Waals surface area (Å²) >= 11 is 0.